The molecule has 0 radical (unpaired) electrons. The van der Waals surface area contributed by atoms with Crippen LogP contribution in [0.3, 0.4) is 0 Å². The number of anilines is 2. The molecule has 6 heteroatoms. The Labute approximate surface area is 108 Å². The van der Waals surface area contributed by atoms with Crippen molar-refractivity contribution in [1.82, 2.24) is 15.3 Å². The van der Waals surface area contributed by atoms with Gasteiger partial charge in [0.1, 0.15) is 18.0 Å². The summed E-state index contributed by atoms with van der Waals surface area (Å²) in [6, 6.07) is 2.31. The average molecular weight is 251 g/mol. The number of nitrogens with zero attached hydrogens (tertiary/aromatic N) is 3. The highest BCUT2D eigenvalue weighted by atomic mass is 16.5. The van der Waals surface area contributed by atoms with Crippen molar-refractivity contribution in [2.75, 3.05) is 50.1 Å². The molecule has 1 aliphatic heterocycles. The van der Waals surface area contributed by atoms with E-state index in [1.54, 1.807) is 6.33 Å². The topological polar surface area (TPSA) is 62.3 Å². The second-order valence-corrected chi connectivity index (χ2v) is 4.38. The van der Waals surface area contributed by atoms with E-state index in [-0.39, 0.29) is 0 Å². The number of nitrogens with one attached hydrogen (secondary N) is 2. The van der Waals surface area contributed by atoms with E-state index in [4.69, 9.17) is 4.74 Å². The maximum absolute atomic E-state index is 5.41. The molecule has 0 saturated carbocycles. The molecular weight excluding hydrogens is 230 g/mol. The predicted molar refractivity (Wildman–Crippen MR) is 72.1 cm³/mol. The van der Waals surface area contributed by atoms with E-state index < -0.39 is 0 Å². The Morgan fingerprint density at radius 2 is 2.44 bits per heavy atom. The van der Waals surface area contributed by atoms with Crippen molar-refractivity contribution in [3.05, 3.63) is 12.4 Å². The van der Waals surface area contributed by atoms with Crippen molar-refractivity contribution in [1.29, 1.82) is 0 Å². The van der Waals surface area contributed by atoms with E-state index in [0.29, 0.717) is 6.04 Å². The van der Waals surface area contributed by atoms with Crippen molar-refractivity contribution < 1.29 is 4.74 Å². The lowest BCUT2D eigenvalue weighted by molar-refractivity contribution is 0.0806. The van der Waals surface area contributed by atoms with Crippen molar-refractivity contribution in [2.45, 2.75) is 13.0 Å². The molecule has 0 spiro atoms. The summed E-state index contributed by atoms with van der Waals surface area (Å²) in [5.74, 6) is 1.79. The Morgan fingerprint density at radius 1 is 1.56 bits per heavy atom. The highest BCUT2D eigenvalue weighted by Gasteiger charge is 2.12. The summed E-state index contributed by atoms with van der Waals surface area (Å²) in [6.07, 6.45) is 1.59. The van der Waals surface area contributed by atoms with Gasteiger partial charge in [0.15, 0.2) is 0 Å². The van der Waals surface area contributed by atoms with Gasteiger partial charge in [0, 0.05) is 38.8 Å². The summed E-state index contributed by atoms with van der Waals surface area (Å²) in [4.78, 5) is 10.5. The SMILES string of the molecule is CCN(C)c1cc(NCC2COCCN2)ncn1. The quantitative estimate of drug-likeness (QED) is 0.786. The largest absolute Gasteiger partial charge is 0.378 e. The molecule has 6 nitrogen and oxygen atoms in total. The summed E-state index contributed by atoms with van der Waals surface area (Å²) in [5.41, 5.74) is 0. The second-order valence-electron chi connectivity index (χ2n) is 4.38. The summed E-state index contributed by atoms with van der Waals surface area (Å²) in [6.45, 7) is 6.30. The Bertz CT molecular complexity index is 367. The summed E-state index contributed by atoms with van der Waals surface area (Å²) in [7, 11) is 2.02. The molecule has 1 unspecified atom stereocenters. The molecule has 100 valence electrons. The van der Waals surface area contributed by atoms with E-state index in [1.165, 1.54) is 0 Å². The standard InChI is InChI=1S/C12H21N5O/c1-3-17(2)12-6-11(15-9-16-12)14-7-10-8-18-5-4-13-10/h6,9-10,13H,3-5,7-8H2,1-2H3,(H,14,15,16). The first kappa shape index (κ1) is 13.0. The number of rotatable bonds is 5. The van der Waals surface area contributed by atoms with E-state index in [1.807, 2.05) is 13.1 Å². The molecule has 1 atom stereocenters. The zero-order valence-electron chi connectivity index (χ0n) is 11.0. The zero-order valence-corrected chi connectivity index (χ0v) is 11.0. The minimum absolute atomic E-state index is 0.348. The monoisotopic (exact) mass is 251 g/mol. The molecule has 0 aromatic carbocycles. The smallest absolute Gasteiger partial charge is 0.133 e. The predicted octanol–water partition coefficient (Wildman–Crippen LogP) is 0.333. The fourth-order valence-corrected chi connectivity index (χ4v) is 1.79. The number of morpholine rings is 1. The molecule has 0 amide bonds. The van der Waals surface area contributed by atoms with Crippen LogP contribution in [0.4, 0.5) is 11.6 Å². The van der Waals surface area contributed by atoms with Gasteiger partial charge in [-0.3, -0.25) is 0 Å². The average Bonchev–Trinajstić information content (AvgIpc) is 2.45. The van der Waals surface area contributed by atoms with Crippen molar-refractivity contribution in [3.8, 4) is 0 Å². The molecule has 18 heavy (non-hydrogen) atoms. The van der Waals surface area contributed by atoms with Crippen molar-refractivity contribution in [3.63, 3.8) is 0 Å². The van der Waals surface area contributed by atoms with Gasteiger partial charge in [-0.25, -0.2) is 9.97 Å². The second kappa shape index (κ2) is 6.51. The first-order chi connectivity index (χ1) is 8.79. The first-order valence-electron chi connectivity index (χ1n) is 6.37. The van der Waals surface area contributed by atoms with Gasteiger partial charge in [-0.2, -0.15) is 0 Å². The maximum atomic E-state index is 5.41. The van der Waals surface area contributed by atoms with E-state index >= 15 is 0 Å². The molecule has 1 aromatic rings. The number of aromatic nitrogens is 2. The Hall–Kier alpha value is -1.40. The lowest BCUT2D eigenvalue weighted by Gasteiger charge is -2.24. The molecule has 1 aromatic heterocycles. The lowest BCUT2D eigenvalue weighted by atomic mass is 10.3. The Balaban J connectivity index is 1.88. The first-order valence-corrected chi connectivity index (χ1v) is 6.37. The van der Waals surface area contributed by atoms with Gasteiger partial charge in [-0.1, -0.05) is 0 Å². The normalized spacial score (nSPS) is 19.6. The molecule has 2 rings (SSSR count). The Morgan fingerprint density at radius 3 is 3.17 bits per heavy atom. The van der Waals surface area contributed by atoms with Gasteiger partial charge < -0.3 is 20.3 Å². The van der Waals surface area contributed by atoms with Crippen LogP contribution in [0.1, 0.15) is 6.92 Å². The molecule has 1 fully saturated rings. The van der Waals surface area contributed by atoms with Gasteiger partial charge in [0.05, 0.1) is 13.2 Å². The molecule has 2 N–H and O–H groups in total. The van der Waals surface area contributed by atoms with Crippen LogP contribution in [0.15, 0.2) is 12.4 Å². The number of hydrogen-bond donors (Lipinski definition) is 2. The third kappa shape index (κ3) is 3.54. The fourth-order valence-electron chi connectivity index (χ4n) is 1.79. The molecule has 2 heterocycles. The third-order valence-electron chi connectivity index (χ3n) is 3.05. The summed E-state index contributed by atoms with van der Waals surface area (Å²) < 4.78 is 5.41. The molecular formula is C12H21N5O. The van der Waals surface area contributed by atoms with Crippen LogP contribution in [0.5, 0.6) is 0 Å². The van der Waals surface area contributed by atoms with E-state index in [9.17, 15) is 0 Å². The Kier molecular flexibility index (Phi) is 4.72. The number of hydrogen-bond acceptors (Lipinski definition) is 6. The van der Waals surface area contributed by atoms with E-state index in [2.05, 4.69) is 32.4 Å². The molecule has 0 bridgehead atoms. The van der Waals surface area contributed by atoms with Crippen LogP contribution in [0.25, 0.3) is 0 Å². The van der Waals surface area contributed by atoms with Gasteiger partial charge in [-0.15, -0.1) is 0 Å². The van der Waals surface area contributed by atoms with Crippen molar-refractivity contribution >= 4 is 11.6 Å². The molecule has 1 aliphatic rings. The third-order valence-corrected chi connectivity index (χ3v) is 3.05. The van der Waals surface area contributed by atoms with Crippen molar-refractivity contribution in [2.24, 2.45) is 0 Å². The minimum Gasteiger partial charge on any atom is -0.378 e. The molecule has 1 saturated heterocycles. The van der Waals surface area contributed by atoms with Crippen LogP contribution < -0.4 is 15.5 Å². The van der Waals surface area contributed by atoms with Crippen LogP contribution in [-0.4, -0.2) is 55.9 Å². The van der Waals surface area contributed by atoms with Gasteiger partial charge in [0.2, 0.25) is 0 Å². The van der Waals surface area contributed by atoms with Gasteiger partial charge in [-0.05, 0) is 6.92 Å². The minimum atomic E-state index is 0.348. The van der Waals surface area contributed by atoms with Crippen LogP contribution in [0, 0.1) is 0 Å². The maximum Gasteiger partial charge on any atom is 0.133 e. The van der Waals surface area contributed by atoms with Crippen LogP contribution in [0.2, 0.25) is 0 Å². The fraction of sp³-hybridized carbons (Fsp3) is 0.667. The highest BCUT2D eigenvalue weighted by Crippen LogP contribution is 2.12. The summed E-state index contributed by atoms with van der Waals surface area (Å²) >= 11 is 0. The number of ether oxygens (including phenoxy) is 1. The molecule has 0 aliphatic carbocycles. The highest BCUT2D eigenvalue weighted by molar-refractivity contribution is 5.47. The van der Waals surface area contributed by atoms with Crippen LogP contribution in [-0.2, 0) is 4.74 Å². The van der Waals surface area contributed by atoms with Gasteiger partial charge >= 0.3 is 0 Å². The lowest BCUT2D eigenvalue weighted by Crippen LogP contribution is -2.45. The van der Waals surface area contributed by atoms with Gasteiger partial charge in [0.25, 0.3) is 0 Å². The summed E-state index contributed by atoms with van der Waals surface area (Å²) in [5, 5.41) is 6.71. The zero-order chi connectivity index (χ0) is 12.8. The van der Waals surface area contributed by atoms with Crippen LogP contribution >= 0.6 is 0 Å². The van der Waals surface area contributed by atoms with E-state index in [0.717, 1.165) is 44.5 Å².